The molecule has 0 aliphatic rings. The molecule has 0 saturated heterocycles. The van der Waals surface area contributed by atoms with E-state index in [1.165, 1.54) is 0 Å². The van der Waals surface area contributed by atoms with Crippen molar-refractivity contribution in [3.8, 4) is 17.5 Å². The van der Waals surface area contributed by atoms with E-state index in [1.54, 1.807) is 18.5 Å². The minimum absolute atomic E-state index is 0.598. The lowest BCUT2D eigenvalue weighted by atomic mass is 10.0. The van der Waals surface area contributed by atoms with Crippen molar-refractivity contribution in [1.82, 2.24) is 19.9 Å². The number of aromatic amines is 1. The largest absolute Gasteiger partial charge is 0.352 e. The van der Waals surface area contributed by atoms with Crippen LogP contribution in [0.25, 0.3) is 22.4 Å². The van der Waals surface area contributed by atoms with E-state index < -0.39 is 5.54 Å². The van der Waals surface area contributed by atoms with Crippen LogP contribution < -0.4 is 5.32 Å². The SMILES string of the molecule is CC[C@](C)(C#N)Nc1ccnc(-c2c[nH]c3ncccc23)n1. The van der Waals surface area contributed by atoms with Gasteiger partial charge in [-0.2, -0.15) is 5.26 Å². The summed E-state index contributed by atoms with van der Waals surface area (Å²) in [5.41, 5.74) is 1.05. The monoisotopic (exact) mass is 292 g/mol. The molecule has 0 aliphatic heterocycles. The van der Waals surface area contributed by atoms with Crippen molar-refractivity contribution in [3.63, 3.8) is 0 Å². The predicted octanol–water partition coefficient (Wildman–Crippen LogP) is 3.12. The Bertz CT molecular complexity index is 847. The number of H-pyrrole nitrogens is 1. The van der Waals surface area contributed by atoms with Gasteiger partial charge >= 0.3 is 0 Å². The molecule has 0 saturated carbocycles. The Hall–Kier alpha value is -2.94. The van der Waals surface area contributed by atoms with Crippen LogP contribution in [0.4, 0.5) is 5.82 Å². The molecule has 0 bridgehead atoms. The standard InChI is InChI=1S/C16H16N6/c1-3-16(2,10-17)22-13-6-8-19-15(21-13)12-9-20-14-11(12)5-4-7-18-14/h4-9H,3H2,1-2H3,(H,18,20)(H,19,21,22)/t16-/m1/s1. The molecule has 6 heteroatoms. The highest BCUT2D eigenvalue weighted by atomic mass is 15.1. The highest BCUT2D eigenvalue weighted by Gasteiger charge is 2.21. The van der Waals surface area contributed by atoms with Crippen LogP contribution in [0.2, 0.25) is 0 Å². The van der Waals surface area contributed by atoms with Crippen LogP contribution in [0.15, 0.2) is 36.8 Å². The fourth-order valence-electron chi connectivity index (χ4n) is 2.18. The molecule has 1 atom stereocenters. The molecule has 0 spiro atoms. The molecule has 3 heterocycles. The van der Waals surface area contributed by atoms with E-state index in [1.807, 2.05) is 32.2 Å². The summed E-state index contributed by atoms with van der Waals surface area (Å²) in [5, 5.41) is 13.4. The molecular weight excluding hydrogens is 276 g/mol. The van der Waals surface area contributed by atoms with Gasteiger partial charge in [0.15, 0.2) is 5.82 Å². The molecule has 3 aromatic rings. The number of nitrogens with zero attached hydrogens (tertiary/aromatic N) is 4. The highest BCUT2D eigenvalue weighted by Crippen LogP contribution is 2.25. The van der Waals surface area contributed by atoms with Crippen molar-refractivity contribution in [2.24, 2.45) is 0 Å². The average molecular weight is 292 g/mol. The number of anilines is 1. The van der Waals surface area contributed by atoms with Crippen LogP contribution in [0.3, 0.4) is 0 Å². The highest BCUT2D eigenvalue weighted by molar-refractivity contribution is 5.91. The van der Waals surface area contributed by atoms with Gasteiger partial charge in [-0.3, -0.25) is 0 Å². The number of nitriles is 1. The minimum atomic E-state index is -0.645. The predicted molar refractivity (Wildman–Crippen MR) is 85.1 cm³/mol. The van der Waals surface area contributed by atoms with Gasteiger partial charge in [0.2, 0.25) is 0 Å². The number of rotatable bonds is 4. The zero-order valence-corrected chi connectivity index (χ0v) is 12.5. The quantitative estimate of drug-likeness (QED) is 0.771. The maximum atomic E-state index is 9.27. The average Bonchev–Trinajstić information content (AvgIpc) is 2.99. The van der Waals surface area contributed by atoms with Gasteiger partial charge in [0.25, 0.3) is 0 Å². The Morgan fingerprint density at radius 2 is 2.18 bits per heavy atom. The van der Waals surface area contributed by atoms with Crippen molar-refractivity contribution in [1.29, 1.82) is 5.26 Å². The van der Waals surface area contributed by atoms with E-state index in [0.29, 0.717) is 18.1 Å². The first-order valence-electron chi connectivity index (χ1n) is 7.10. The van der Waals surface area contributed by atoms with Gasteiger partial charge in [-0.05, 0) is 31.5 Å². The van der Waals surface area contributed by atoms with E-state index in [2.05, 4.69) is 31.3 Å². The smallest absolute Gasteiger partial charge is 0.163 e. The fourth-order valence-corrected chi connectivity index (χ4v) is 2.18. The van der Waals surface area contributed by atoms with Gasteiger partial charge in [-0.15, -0.1) is 0 Å². The first-order chi connectivity index (χ1) is 10.6. The first kappa shape index (κ1) is 14.0. The molecule has 0 radical (unpaired) electrons. The number of pyridine rings is 1. The summed E-state index contributed by atoms with van der Waals surface area (Å²) < 4.78 is 0. The third kappa shape index (κ3) is 2.49. The summed E-state index contributed by atoms with van der Waals surface area (Å²) >= 11 is 0. The van der Waals surface area contributed by atoms with Gasteiger partial charge in [-0.1, -0.05) is 6.92 Å². The molecule has 110 valence electrons. The van der Waals surface area contributed by atoms with Crippen LogP contribution >= 0.6 is 0 Å². The van der Waals surface area contributed by atoms with Gasteiger partial charge in [-0.25, -0.2) is 15.0 Å². The Kier molecular flexibility index (Phi) is 3.47. The molecule has 6 nitrogen and oxygen atoms in total. The molecule has 3 rings (SSSR count). The van der Waals surface area contributed by atoms with Crippen molar-refractivity contribution in [2.75, 3.05) is 5.32 Å². The fraction of sp³-hybridized carbons (Fsp3) is 0.250. The van der Waals surface area contributed by atoms with Gasteiger partial charge in [0, 0.05) is 29.5 Å². The number of fused-ring (bicyclic) bond motifs is 1. The summed E-state index contributed by atoms with van der Waals surface area (Å²) in [5.74, 6) is 1.23. The molecule has 22 heavy (non-hydrogen) atoms. The first-order valence-corrected chi connectivity index (χ1v) is 7.10. The second kappa shape index (κ2) is 5.45. The molecule has 0 aromatic carbocycles. The zero-order chi connectivity index (χ0) is 15.6. The lowest BCUT2D eigenvalue weighted by Gasteiger charge is -2.21. The number of hydrogen-bond donors (Lipinski definition) is 2. The molecule has 3 aromatic heterocycles. The number of aromatic nitrogens is 4. The molecule has 0 amide bonds. The summed E-state index contributed by atoms with van der Waals surface area (Å²) in [4.78, 5) is 16.2. The van der Waals surface area contributed by atoms with Gasteiger partial charge in [0.1, 0.15) is 17.0 Å². The second-order valence-corrected chi connectivity index (χ2v) is 5.29. The van der Waals surface area contributed by atoms with Crippen LogP contribution in [0.5, 0.6) is 0 Å². The molecule has 2 N–H and O–H groups in total. The minimum Gasteiger partial charge on any atom is -0.352 e. The van der Waals surface area contributed by atoms with Gasteiger partial charge in [0.05, 0.1) is 6.07 Å². The summed E-state index contributed by atoms with van der Waals surface area (Å²) in [6.07, 6.45) is 5.95. The molecular formula is C16H16N6. The Morgan fingerprint density at radius 3 is 2.95 bits per heavy atom. The normalized spacial score (nSPS) is 13.5. The zero-order valence-electron chi connectivity index (χ0n) is 12.5. The molecule has 0 aliphatic carbocycles. The lowest BCUT2D eigenvalue weighted by molar-refractivity contribution is 0.623. The second-order valence-electron chi connectivity index (χ2n) is 5.29. The Morgan fingerprint density at radius 1 is 1.32 bits per heavy atom. The van der Waals surface area contributed by atoms with Crippen molar-refractivity contribution >= 4 is 16.9 Å². The van der Waals surface area contributed by atoms with E-state index >= 15 is 0 Å². The van der Waals surface area contributed by atoms with Crippen molar-refractivity contribution in [2.45, 2.75) is 25.8 Å². The van der Waals surface area contributed by atoms with Crippen molar-refractivity contribution in [3.05, 3.63) is 36.8 Å². The van der Waals surface area contributed by atoms with E-state index in [4.69, 9.17) is 0 Å². The topological polar surface area (TPSA) is 90.3 Å². The van der Waals surface area contributed by atoms with Gasteiger partial charge < -0.3 is 10.3 Å². The summed E-state index contributed by atoms with van der Waals surface area (Å²) in [6, 6.07) is 7.89. The van der Waals surface area contributed by atoms with Crippen LogP contribution in [-0.4, -0.2) is 25.5 Å². The lowest BCUT2D eigenvalue weighted by Crippen LogP contribution is -2.32. The Labute approximate surface area is 128 Å². The van der Waals surface area contributed by atoms with Crippen molar-refractivity contribution < 1.29 is 0 Å². The maximum absolute atomic E-state index is 9.27. The van der Waals surface area contributed by atoms with Crippen LogP contribution in [0.1, 0.15) is 20.3 Å². The van der Waals surface area contributed by atoms with E-state index in [0.717, 1.165) is 16.6 Å². The van der Waals surface area contributed by atoms with Crippen LogP contribution in [-0.2, 0) is 0 Å². The number of nitrogens with one attached hydrogen (secondary N) is 2. The van der Waals surface area contributed by atoms with Crippen LogP contribution in [0, 0.1) is 11.3 Å². The molecule has 0 unspecified atom stereocenters. The summed E-state index contributed by atoms with van der Waals surface area (Å²) in [7, 11) is 0. The molecule has 0 fully saturated rings. The third-order valence-corrected chi connectivity index (χ3v) is 3.71. The maximum Gasteiger partial charge on any atom is 0.163 e. The number of hydrogen-bond acceptors (Lipinski definition) is 5. The Balaban J connectivity index is 2.00. The summed E-state index contributed by atoms with van der Waals surface area (Å²) in [6.45, 7) is 3.81. The van der Waals surface area contributed by atoms with E-state index in [9.17, 15) is 5.26 Å². The third-order valence-electron chi connectivity index (χ3n) is 3.71. The van der Waals surface area contributed by atoms with E-state index in [-0.39, 0.29) is 0 Å².